The Balaban J connectivity index is 1.32. The number of aromatic amines is 1. The Kier molecular flexibility index (Phi) is 6.12. The molecule has 0 amide bonds. The molecule has 206 valence electrons. The number of hydrogen-bond acceptors (Lipinski definition) is 0. The third-order valence-electron chi connectivity index (χ3n) is 9.40. The standard InChI is InChI=1S/C42H33N/c1-3-27(2)32-10-4-5-11-34(32)33(20-17-28-16-18-29-25-31-22-23-43-42(31)40(29)24-28)30-19-21-39-37-14-7-6-12-35(37)36-13-8-9-15-38(36)41(39)26-30/h3,5-9,11-24,26,33,43H,1-2,4,10,25H2. The summed E-state index contributed by atoms with van der Waals surface area (Å²) in [6.07, 6.45) is 16.3. The molecule has 1 unspecified atom stereocenters. The average Bonchev–Trinajstić information content (AvgIpc) is 3.67. The number of rotatable bonds is 6. The van der Waals surface area contributed by atoms with Crippen LogP contribution in [0.2, 0.25) is 0 Å². The molecule has 0 radical (unpaired) electrons. The molecule has 1 N–H and O–H groups in total. The fourth-order valence-corrected chi connectivity index (χ4v) is 7.25. The lowest BCUT2D eigenvalue weighted by Crippen LogP contribution is -2.06. The van der Waals surface area contributed by atoms with Gasteiger partial charge in [-0.25, -0.2) is 0 Å². The third-order valence-corrected chi connectivity index (χ3v) is 9.40. The van der Waals surface area contributed by atoms with Gasteiger partial charge in [0.25, 0.3) is 0 Å². The molecule has 6 aromatic rings. The Hall–Kier alpha value is -5.14. The fourth-order valence-electron chi connectivity index (χ4n) is 7.25. The lowest BCUT2D eigenvalue weighted by Gasteiger charge is -2.24. The number of nitrogens with one attached hydrogen (secondary N) is 1. The van der Waals surface area contributed by atoms with Gasteiger partial charge in [-0.2, -0.15) is 0 Å². The van der Waals surface area contributed by atoms with Gasteiger partial charge in [0.05, 0.1) is 0 Å². The largest absolute Gasteiger partial charge is 0.361 e. The summed E-state index contributed by atoms with van der Waals surface area (Å²) in [6.45, 7) is 8.45. The monoisotopic (exact) mass is 551 g/mol. The van der Waals surface area contributed by atoms with Crippen molar-refractivity contribution < 1.29 is 0 Å². The van der Waals surface area contributed by atoms with E-state index in [9.17, 15) is 0 Å². The molecule has 1 atom stereocenters. The van der Waals surface area contributed by atoms with Crippen molar-refractivity contribution in [3.63, 3.8) is 0 Å². The topological polar surface area (TPSA) is 15.8 Å². The van der Waals surface area contributed by atoms with Crippen molar-refractivity contribution in [3.8, 4) is 11.3 Å². The van der Waals surface area contributed by atoms with Crippen molar-refractivity contribution in [2.75, 3.05) is 0 Å². The van der Waals surface area contributed by atoms with E-state index in [2.05, 4.69) is 140 Å². The van der Waals surface area contributed by atoms with Crippen LogP contribution in [0.15, 0.2) is 151 Å². The quantitative estimate of drug-likeness (QED) is 0.156. The maximum atomic E-state index is 4.38. The van der Waals surface area contributed by atoms with Crippen molar-refractivity contribution >= 4 is 38.4 Å². The zero-order valence-corrected chi connectivity index (χ0v) is 24.2. The number of H-pyrrole nitrogens is 1. The van der Waals surface area contributed by atoms with E-state index in [4.69, 9.17) is 0 Å². The second-order valence-corrected chi connectivity index (χ2v) is 11.8. The first-order chi connectivity index (χ1) is 21.2. The summed E-state index contributed by atoms with van der Waals surface area (Å²) in [5, 5.41) is 7.80. The molecule has 1 nitrogen and oxygen atoms in total. The van der Waals surface area contributed by atoms with E-state index in [-0.39, 0.29) is 5.92 Å². The lowest BCUT2D eigenvalue weighted by molar-refractivity contribution is 0.904. The van der Waals surface area contributed by atoms with E-state index in [1.807, 2.05) is 6.08 Å². The maximum Gasteiger partial charge on any atom is 0.0492 e. The Morgan fingerprint density at radius 1 is 0.767 bits per heavy atom. The van der Waals surface area contributed by atoms with Crippen molar-refractivity contribution in [2.24, 2.45) is 0 Å². The first-order valence-electron chi connectivity index (χ1n) is 15.2. The highest BCUT2D eigenvalue weighted by Crippen LogP contribution is 2.41. The Morgan fingerprint density at radius 3 is 2.23 bits per heavy atom. The zero-order valence-electron chi connectivity index (χ0n) is 24.2. The van der Waals surface area contributed by atoms with Crippen LogP contribution in [0.3, 0.4) is 0 Å². The van der Waals surface area contributed by atoms with Gasteiger partial charge in [0.1, 0.15) is 0 Å². The molecule has 43 heavy (non-hydrogen) atoms. The smallest absolute Gasteiger partial charge is 0.0492 e. The summed E-state index contributed by atoms with van der Waals surface area (Å²) in [4.78, 5) is 3.45. The van der Waals surface area contributed by atoms with Crippen molar-refractivity contribution in [3.05, 3.63) is 174 Å². The first-order valence-corrected chi connectivity index (χ1v) is 15.2. The van der Waals surface area contributed by atoms with Crippen LogP contribution in [0.1, 0.15) is 41.0 Å². The van der Waals surface area contributed by atoms with Crippen molar-refractivity contribution in [1.82, 2.24) is 4.98 Å². The summed E-state index contributed by atoms with van der Waals surface area (Å²) in [5.74, 6) is 0.0761. The number of allylic oxidation sites excluding steroid dienone is 7. The summed E-state index contributed by atoms with van der Waals surface area (Å²) >= 11 is 0. The minimum absolute atomic E-state index is 0.0761. The summed E-state index contributed by atoms with van der Waals surface area (Å²) in [5.41, 5.74) is 11.5. The van der Waals surface area contributed by atoms with E-state index in [1.165, 1.54) is 77.0 Å². The van der Waals surface area contributed by atoms with Crippen molar-refractivity contribution in [2.45, 2.75) is 25.2 Å². The summed E-state index contributed by atoms with van der Waals surface area (Å²) in [7, 11) is 0. The van der Waals surface area contributed by atoms with Crippen LogP contribution in [0.5, 0.6) is 0 Å². The molecule has 0 spiro atoms. The highest BCUT2D eigenvalue weighted by molar-refractivity contribution is 6.25. The van der Waals surface area contributed by atoms with Gasteiger partial charge in [-0.15, -0.1) is 0 Å². The van der Waals surface area contributed by atoms with Crippen LogP contribution in [0.4, 0.5) is 0 Å². The molecule has 1 heterocycles. The zero-order chi connectivity index (χ0) is 28.9. The SMILES string of the molecule is C=CC(=C)C1=C(C(C=Cc2ccc3c(c2)-c2[nH]ccc2C3)c2ccc3c4ccccc4c4ccccc4c3c2)C=CCC1. The van der Waals surface area contributed by atoms with Crippen LogP contribution in [0.25, 0.3) is 49.7 Å². The van der Waals surface area contributed by atoms with Crippen LogP contribution in [0, 0.1) is 0 Å². The van der Waals surface area contributed by atoms with E-state index in [0.29, 0.717) is 0 Å². The van der Waals surface area contributed by atoms with Crippen LogP contribution in [-0.4, -0.2) is 4.98 Å². The molecule has 0 saturated carbocycles. The van der Waals surface area contributed by atoms with E-state index < -0.39 is 0 Å². The summed E-state index contributed by atoms with van der Waals surface area (Å²) in [6, 6.07) is 33.8. The molecule has 2 aliphatic rings. The van der Waals surface area contributed by atoms with Crippen LogP contribution < -0.4 is 0 Å². The molecule has 2 aliphatic carbocycles. The molecule has 5 aromatic carbocycles. The molecule has 1 heteroatoms. The third kappa shape index (κ3) is 4.23. The number of benzene rings is 5. The minimum atomic E-state index is 0.0761. The molecule has 8 rings (SSSR count). The molecular weight excluding hydrogens is 518 g/mol. The van der Waals surface area contributed by atoms with Gasteiger partial charge in [-0.1, -0.05) is 116 Å². The highest BCUT2D eigenvalue weighted by atomic mass is 14.7. The fraction of sp³-hybridized carbons (Fsp3) is 0.0952. The molecule has 0 fully saturated rings. The van der Waals surface area contributed by atoms with Crippen LogP contribution >= 0.6 is 0 Å². The molecule has 0 bridgehead atoms. The van der Waals surface area contributed by atoms with Crippen LogP contribution in [-0.2, 0) is 6.42 Å². The number of aromatic nitrogens is 1. The van der Waals surface area contributed by atoms with Gasteiger partial charge in [-0.05, 0) is 102 Å². The first kappa shape index (κ1) is 25.6. The van der Waals surface area contributed by atoms with Gasteiger partial charge in [0.2, 0.25) is 0 Å². The highest BCUT2D eigenvalue weighted by Gasteiger charge is 2.22. The Bertz CT molecular complexity index is 2160. The summed E-state index contributed by atoms with van der Waals surface area (Å²) < 4.78 is 0. The van der Waals surface area contributed by atoms with Gasteiger partial charge in [0, 0.05) is 29.8 Å². The second kappa shape index (κ2) is 10.3. The Morgan fingerprint density at radius 2 is 1.49 bits per heavy atom. The lowest BCUT2D eigenvalue weighted by atomic mass is 9.80. The predicted octanol–water partition coefficient (Wildman–Crippen LogP) is 11.2. The van der Waals surface area contributed by atoms with Crippen molar-refractivity contribution in [1.29, 1.82) is 0 Å². The van der Waals surface area contributed by atoms with E-state index in [1.54, 1.807) is 0 Å². The van der Waals surface area contributed by atoms with E-state index >= 15 is 0 Å². The van der Waals surface area contributed by atoms with Gasteiger partial charge in [-0.3, -0.25) is 0 Å². The maximum absolute atomic E-state index is 4.38. The molecule has 0 aliphatic heterocycles. The van der Waals surface area contributed by atoms with E-state index in [0.717, 1.165) is 24.8 Å². The number of fused-ring (bicyclic) bond motifs is 9. The average molecular weight is 552 g/mol. The minimum Gasteiger partial charge on any atom is -0.361 e. The van der Waals surface area contributed by atoms with Gasteiger partial charge in [0.15, 0.2) is 0 Å². The van der Waals surface area contributed by atoms with Gasteiger partial charge < -0.3 is 4.98 Å². The molecule has 1 aromatic heterocycles. The second-order valence-electron chi connectivity index (χ2n) is 11.8. The molecular formula is C42H33N. The molecule has 0 saturated heterocycles. The van der Waals surface area contributed by atoms with Gasteiger partial charge >= 0.3 is 0 Å². The predicted molar refractivity (Wildman–Crippen MR) is 185 cm³/mol. The normalized spacial score (nSPS) is 15.0. The number of hydrogen-bond donors (Lipinski definition) is 1. The Labute approximate surface area is 252 Å².